The average Bonchev–Trinajstić information content (AvgIpc) is 3.02. The van der Waals surface area contributed by atoms with Crippen LogP contribution < -0.4 is 5.32 Å². The molecule has 2 atom stereocenters. The summed E-state index contributed by atoms with van der Waals surface area (Å²) in [5.74, 6) is -0.0342. The Bertz CT molecular complexity index is 722. The van der Waals surface area contributed by atoms with E-state index >= 15 is 0 Å². The van der Waals surface area contributed by atoms with Gasteiger partial charge in [0.15, 0.2) is 0 Å². The van der Waals surface area contributed by atoms with Gasteiger partial charge in [-0.1, -0.05) is 12.1 Å². The number of aryl methyl sites for hydroxylation is 2. The number of hydrogen-bond acceptors (Lipinski definition) is 3. The van der Waals surface area contributed by atoms with Crippen LogP contribution in [-0.2, 0) is 11.8 Å². The van der Waals surface area contributed by atoms with Crippen LogP contribution in [-0.4, -0.2) is 54.3 Å². The summed E-state index contributed by atoms with van der Waals surface area (Å²) in [5.41, 5.74) is 2.96. The highest BCUT2D eigenvalue weighted by molar-refractivity contribution is 5.99. The molecule has 124 valence electrons. The SMILES string of the molecule is CCO[C@H]1CN(C)C[C@@H]1NC(=O)c1cc2c(C)cccc2n1C. The normalized spacial score (nSPS) is 21.9. The third kappa shape index (κ3) is 2.99. The maximum Gasteiger partial charge on any atom is 0.268 e. The molecule has 2 heterocycles. The molecule has 3 rings (SSSR count). The molecule has 23 heavy (non-hydrogen) atoms. The Morgan fingerprint density at radius 1 is 1.35 bits per heavy atom. The van der Waals surface area contributed by atoms with E-state index in [0.717, 1.165) is 24.0 Å². The van der Waals surface area contributed by atoms with Crippen molar-refractivity contribution < 1.29 is 9.53 Å². The summed E-state index contributed by atoms with van der Waals surface area (Å²) >= 11 is 0. The summed E-state index contributed by atoms with van der Waals surface area (Å²) in [6, 6.07) is 8.16. The lowest BCUT2D eigenvalue weighted by Crippen LogP contribution is -2.44. The van der Waals surface area contributed by atoms with Crippen LogP contribution in [0.4, 0.5) is 0 Å². The monoisotopic (exact) mass is 315 g/mol. The van der Waals surface area contributed by atoms with Crippen molar-refractivity contribution in [3.63, 3.8) is 0 Å². The van der Waals surface area contributed by atoms with Crippen LogP contribution >= 0.6 is 0 Å². The number of rotatable bonds is 4. The van der Waals surface area contributed by atoms with E-state index in [4.69, 9.17) is 4.74 Å². The molecule has 1 saturated heterocycles. The van der Waals surface area contributed by atoms with Crippen molar-refractivity contribution >= 4 is 16.8 Å². The molecule has 5 heteroatoms. The molecule has 0 aliphatic carbocycles. The second kappa shape index (κ2) is 6.34. The van der Waals surface area contributed by atoms with E-state index < -0.39 is 0 Å². The van der Waals surface area contributed by atoms with Crippen molar-refractivity contribution in [1.29, 1.82) is 0 Å². The summed E-state index contributed by atoms with van der Waals surface area (Å²) in [7, 11) is 4.00. The minimum atomic E-state index is -0.0342. The third-order valence-electron chi connectivity index (χ3n) is 4.68. The first-order valence-corrected chi connectivity index (χ1v) is 8.17. The van der Waals surface area contributed by atoms with Crippen LogP contribution in [0.15, 0.2) is 24.3 Å². The third-order valence-corrected chi connectivity index (χ3v) is 4.68. The Labute approximate surface area is 137 Å². The molecular formula is C18H25N3O2. The number of carbonyl (C=O) groups excluding carboxylic acids is 1. The van der Waals surface area contributed by atoms with E-state index in [1.165, 1.54) is 5.56 Å². The smallest absolute Gasteiger partial charge is 0.268 e. The lowest BCUT2D eigenvalue weighted by molar-refractivity contribution is 0.0511. The molecule has 5 nitrogen and oxygen atoms in total. The molecule has 0 unspecified atom stereocenters. The Balaban J connectivity index is 1.83. The van der Waals surface area contributed by atoms with Crippen molar-refractivity contribution in [1.82, 2.24) is 14.8 Å². The molecule has 0 bridgehead atoms. The first-order chi connectivity index (χ1) is 11.0. The van der Waals surface area contributed by atoms with Gasteiger partial charge in [-0.25, -0.2) is 0 Å². The highest BCUT2D eigenvalue weighted by Gasteiger charge is 2.33. The van der Waals surface area contributed by atoms with Gasteiger partial charge in [-0.05, 0) is 38.6 Å². The predicted molar refractivity (Wildman–Crippen MR) is 91.8 cm³/mol. The summed E-state index contributed by atoms with van der Waals surface area (Å²) in [6.45, 7) is 6.40. The number of fused-ring (bicyclic) bond motifs is 1. The van der Waals surface area contributed by atoms with Crippen molar-refractivity contribution in [2.75, 3.05) is 26.7 Å². The Hall–Kier alpha value is -1.85. The molecule has 0 radical (unpaired) electrons. The van der Waals surface area contributed by atoms with E-state index in [1.807, 2.05) is 36.7 Å². The van der Waals surface area contributed by atoms with E-state index in [1.54, 1.807) is 0 Å². The van der Waals surface area contributed by atoms with Crippen molar-refractivity contribution in [3.8, 4) is 0 Å². The molecule has 0 saturated carbocycles. The number of aromatic nitrogens is 1. The summed E-state index contributed by atoms with van der Waals surface area (Å²) < 4.78 is 7.73. The van der Waals surface area contributed by atoms with E-state index in [-0.39, 0.29) is 18.1 Å². The van der Waals surface area contributed by atoms with Gasteiger partial charge in [-0.15, -0.1) is 0 Å². The zero-order valence-electron chi connectivity index (χ0n) is 14.3. The van der Waals surface area contributed by atoms with Gasteiger partial charge in [-0.3, -0.25) is 4.79 Å². The molecule has 1 fully saturated rings. The van der Waals surface area contributed by atoms with Gasteiger partial charge in [0.2, 0.25) is 0 Å². The van der Waals surface area contributed by atoms with Gasteiger partial charge in [0, 0.05) is 37.6 Å². The molecule has 1 aliphatic rings. The molecule has 2 aromatic rings. The standard InChI is InChI=1S/C18H25N3O2/c1-5-23-17-11-20(3)10-14(17)19-18(22)16-9-13-12(2)7-6-8-15(13)21(16)4/h6-9,14,17H,5,10-11H2,1-4H3,(H,19,22)/t14-,17-/m0/s1. The van der Waals surface area contributed by atoms with Crippen LogP contribution in [0, 0.1) is 6.92 Å². The predicted octanol–water partition coefficient (Wildman–Crippen LogP) is 1.94. The molecule has 1 aromatic heterocycles. The largest absolute Gasteiger partial charge is 0.375 e. The number of amides is 1. The Morgan fingerprint density at radius 3 is 2.83 bits per heavy atom. The fourth-order valence-corrected chi connectivity index (χ4v) is 3.45. The van der Waals surface area contributed by atoms with Crippen molar-refractivity contribution in [2.24, 2.45) is 7.05 Å². The number of nitrogens with one attached hydrogen (secondary N) is 1. The molecule has 1 aliphatic heterocycles. The second-order valence-electron chi connectivity index (χ2n) is 6.39. The summed E-state index contributed by atoms with van der Waals surface area (Å²) in [6.07, 6.45) is 0.0605. The van der Waals surface area contributed by atoms with Gasteiger partial charge in [0.25, 0.3) is 5.91 Å². The van der Waals surface area contributed by atoms with E-state index in [9.17, 15) is 4.79 Å². The number of ether oxygens (including phenoxy) is 1. The Morgan fingerprint density at radius 2 is 2.13 bits per heavy atom. The molecule has 1 N–H and O–H groups in total. The summed E-state index contributed by atoms with van der Waals surface area (Å²) in [5, 5.41) is 4.28. The van der Waals surface area contributed by atoms with Gasteiger partial charge in [0.1, 0.15) is 5.69 Å². The molecule has 1 amide bonds. The van der Waals surface area contributed by atoms with Crippen LogP contribution in [0.1, 0.15) is 23.0 Å². The number of benzene rings is 1. The van der Waals surface area contributed by atoms with Crippen molar-refractivity contribution in [2.45, 2.75) is 26.0 Å². The van der Waals surface area contributed by atoms with Crippen LogP contribution in [0.5, 0.6) is 0 Å². The lowest BCUT2D eigenvalue weighted by atomic mass is 10.1. The minimum absolute atomic E-state index is 0.0339. The topological polar surface area (TPSA) is 46.5 Å². The number of nitrogens with zero attached hydrogens (tertiary/aromatic N) is 2. The highest BCUT2D eigenvalue weighted by atomic mass is 16.5. The fourth-order valence-electron chi connectivity index (χ4n) is 3.45. The average molecular weight is 315 g/mol. The number of likely N-dealkylation sites (tertiary alicyclic amines) is 1. The highest BCUT2D eigenvalue weighted by Crippen LogP contribution is 2.22. The fraction of sp³-hybridized carbons (Fsp3) is 0.500. The van der Waals surface area contributed by atoms with Gasteiger partial charge >= 0.3 is 0 Å². The van der Waals surface area contributed by atoms with Crippen LogP contribution in [0.25, 0.3) is 10.9 Å². The zero-order valence-corrected chi connectivity index (χ0v) is 14.3. The van der Waals surface area contributed by atoms with Gasteiger partial charge in [0.05, 0.1) is 12.1 Å². The van der Waals surface area contributed by atoms with E-state index in [0.29, 0.717) is 12.3 Å². The first kappa shape index (κ1) is 16.0. The van der Waals surface area contributed by atoms with Crippen LogP contribution in [0.2, 0.25) is 0 Å². The quantitative estimate of drug-likeness (QED) is 0.938. The molecular weight excluding hydrogens is 290 g/mol. The Kier molecular flexibility index (Phi) is 4.41. The van der Waals surface area contributed by atoms with Crippen LogP contribution in [0.3, 0.4) is 0 Å². The molecule has 0 spiro atoms. The van der Waals surface area contributed by atoms with Gasteiger partial charge < -0.3 is 19.5 Å². The number of hydrogen-bond donors (Lipinski definition) is 1. The first-order valence-electron chi connectivity index (χ1n) is 8.17. The lowest BCUT2D eigenvalue weighted by Gasteiger charge is -2.19. The van der Waals surface area contributed by atoms with Crippen molar-refractivity contribution in [3.05, 3.63) is 35.5 Å². The maximum atomic E-state index is 12.8. The second-order valence-corrected chi connectivity index (χ2v) is 6.39. The number of likely N-dealkylation sites (N-methyl/N-ethyl adjacent to an activating group) is 1. The minimum Gasteiger partial charge on any atom is -0.375 e. The molecule has 1 aromatic carbocycles. The van der Waals surface area contributed by atoms with E-state index in [2.05, 4.69) is 30.3 Å². The summed E-state index contributed by atoms with van der Waals surface area (Å²) in [4.78, 5) is 14.9. The van der Waals surface area contributed by atoms with Gasteiger partial charge in [-0.2, -0.15) is 0 Å². The number of carbonyl (C=O) groups is 1. The maximum absolute atomic E-state index is 12.8. The zero-order chi connectivity index (χ0) is 16.6.